The number of hydrogen-bond donors (Lipinski definition) is 1. The van der Waals surface area contributed by atoms with Gasteiger partial charge >= 0.3 is 5.97 Å². The maximum atomic E-state index is 11.4. The minimum Gasteiger partial charge on any atom is -0.478 e. The van der Waals surface area contributed by atoms with Gasteiger partial charge in [0, 0.05) is 25.1 Å². The van der Waals surface area contributed by atoms with E-state index in [2.05, 4.69) is 0 Å². The van der Waals surface area contributed by atoms with Gasteiger partial charge < -0.3 is 10.0 Å². The molecular weight excluding hydrogens is 194 g/mol. The molecule has 84 valence electrons. The normalized spacial score (nSPS) is 22.3. The summed E-state index contributed by atoms with van der Waals surface area (Å²) in [5.41, 5.74) is 0.377. The van der Waals surface area contributed by atoms with E-state index in [1.54, 1.807) is 17.9 Å². The summed E-state index contributed by atoms with van der Waals surface area (Å²) in [6.07, 6.45) is 2.72. The molecule has 4 heteroatoms. The molecule has 1 fully saturated rings. The third kappa shape index (κ3) is 3.08. The highest BCUT2D eigenvalue weighted by Crippen LogP contribution is 2.16. The summed E-state index contributed by atoms with van der Waals surface area (Å²) in [5, 5.41) is 8.79. The van der Waals surface area contributed by atoms with Gasteiger partial charge in [0.25, 0.3) is 0 Å². The van der Waals surface area contributed by atoms with Crippen molar-refractivity contribution in [3.05, 3.63) is 11.6 Å². The van der Waals surface area contributed by atoms with E-state index in [1.165, 1.54) is 0 Å². The summed E-state index contributed by atoms with van der Waals surface area (Å²) >= 11 is 0. The first-order valence-corrected chi connectivity index (χ1v) is 5.24. The van der Waals surface area contributed by atoms with E-state index in [1.807, 2.05) is 6.92 Å². The number of carbonyl (C=O) groups excluding carboxylic acids is 1. The molecule has 1 saturated heterocycles. The number of likely N-dealkylation sites (tertiary alicyclic amines) is 1. The van der Waals surface area contributed by atoms with Crippen LogP contribution in [0.15, 0.2) is 11.6 Å². The van der Waals surface area contributed by atoms with Crippen molar-refractivity contribution in [2.24, 2.45) is 5.92 Å². The second-order valence-electron chi connectivity index (χ2n) is 4.00. The number of carbonyl (C=O) groups is 2. The predicted octanol–water partition coefficient (Wildman–Crippen LogP) is 1.28. The Morgan fingerprint density at radius 3 is 2.73 bits per heavy atom. The van der Waals surface area contributed by atoms with Crippen LogP contribution in [0.2, 0.25) is 0 Å². The Morgan fingerprint density at radius 1 is 1.67 bits per heavy atom. The lowest BCUT2D eigenvalue weighted by Gasteiger charge is -2.13. The second-order valence-corrected chi connectivity index (χ2v) is 4.00. The molecule has 0 aliphatic carbocycles. The Labute approximate surface area is 89.6 Å². The fourth-order valence-corrected chi connectivity index (χ4v) is 1.75. The maximum absolute atomic E-state index is 11.4. The molecule has 0 saturated carbocycles. The van der Waals surface area contributed by atoms with E-state index in [9.17, 15) is 9.59 Å². The van der Waals surface area contributed by atoms with Crippen molar-refractivity contribution in [3.8, 4) is 0 Å². The molecule has 0 bridgehead atoms. The van der Waals surface area contributed by atoms with Crippen molar-refractivity contribution < 1.29 is 14.7 Å². The molecule has 1 unspecified atom stereocenters. The molecular formula is C11H17NO3. The van der Waals surface area contributed by atoms with Crippen LogP contribution in [0.1, 0.15) is 26.7 Å². The number of rotatable bonds is 4. The zero-order valence-corrected chi connectivity index (χ0v) is 9.19. The van der Waals surface area contributed by atoms with Crippen LogP contribution in [0.5, 0.6) is 0 Å². The highest BCUT2D eigenvalue weighted by atomic mass is 16.4. The number of amides is 1. The standard InChI is InChI=1S/C11H17NO3/c1-3-9(11(14)15)4-5-12-7-8(2)6-10(12)13/h4,8H,3,5-7H2,1-2H3,(H,14,15). The molecule has 1 rings (SSSR count). The minimum atomic E-state index is -0.891. The lowest BCUT2D eigenvalue weighted by Crippen LogP contribution is -2.25. The van der Waals surface area contributed by atoms with Crippen molar-refractivity contribution in [1.29, 1.82) is 0 Å². The topological polar surface area (TPSA) is 57.6 Å². The lowest BCUT2D eigenvalue weighted by molar-refractivity contribution is -0.133. The van der Waals surface area contributed by atoms with Crippen molar-refractivity contribution in [1.82, 2.24) is 4.90 Å². The lowest BCUT2D eigenvalue weighted by atomic mass is 10.2. The molecule has 1 aliphatic heterocycles. The van der Waals surface area contributed by atoms with Gasteiger partial charge in [-0.15, -0.1) is 0 Å². The van der Waals surface area contributed by atoms with E-state index in [-0.39, 0.29) is 5.91 Å². The Balaban J connectivity index is 2.55. The smallest absolute Gasteiger partial charge is 0.331 e. The van der Waals surface area contributed by atoms with Crippen LogP contribution < -0.4 is 0 Å². The van der Waals surface area contributed by atoms with Gasteiger partial charge in [0.15, 0.2) is 0 Å². The zero-order chi connectivity index (χ0) is 11.4. The Hall–Kier alpha value is -1.32. The van der Waals surface area contributed by atoms with Gasteiger partial charge in [0.05, 0.1) is 0 Å². The summed E-state index contributed by atoms with van der Waals surface area (Å²) in [4.78, 5) is 23.8. The number of carboxylic acids is 1. The molecule has 1 atom stereocenters. The average Bonchev–Trinajstić information content (AvgIpc) is 2.45. The third-order valence-electron chi connectivity index (χ3n) is 2.62. The molecule has 1 aliphatic rings. The van der Waals surface area contributed by atoms with Gasteiger partial charge in [-0.1, -0.05) is 19.9 Å². The van der Waals surface area contributed by atoms with E-state index < -0.39 is 5.97 Å². The highest BCUT2D eigenvalue weighted by molar-refractivity contribution is 5.86. The highest BCUT2D eigenvalue weighted by Gasteiger charge is 2.25. The van der Waals surface area contributed by atoms with Crippen LogP contribution in [0.25, 0.3) is 0 Å². The van der Waals surface area contributed by atoms with E-state index in [0.717, 1.165) is 6.54 Å². The van der Waals surface area contributed by atoms with Crippen LogP contribution in [-0.2, 0) is 9.59 Å². The molecule has 0 aromatic rings. The first kappa shape index (κ1) is 11.8. The van der Waals surface area contributed by atoms with Crippen molar-refractivity contribution in [3.63, 3.8) is 0 Å². The minimum absolute atomic E-state index is 0.125. The van der Waals surface area contributed by atoms with Crippen LogP contribution in [0.4, 0.5) is 0 Å². The molecule has 0 radical (unpaired) electrons. The summed E-state index contributed by atoms with van der Waals surface area (Å²) in [6, 6.07) is 0. The Bertz CT molecular complexity index is 296. The maximum Gasteiger partial charge on any atom is 0.331 e. The van der Waals surface area contributed by atoms with Gasteiger partial charge in [-0.25, -0.2) is 4.79 Å². The van der Waals surface area contributed by atoms with Crippen LogP contribution in [-0.4, -0.2) is 35.0 Å². The zero-order valence-electron chi connectivity index (χ0n) is 9.19. The quantitative estimate of drug-likeness (QED) is 0.712. The molecule has 0 spiro atoms. The van der Waals surface area contributed by atoms with E-state index in [0.29, 0.717) is 30.9 Å². The summed E-state index contributed by atoms with van der Waals surface area (Å²) in [6.45, 7) is 5.00. The number of hydrogen-bond acceptors (Lipinski definition) is 2. The molecule has 0 aromatic carbocycles. The van der Waals surface area contributed by atoms with Gasteiger partial charge in [-0.2, -0.15) is 0 Å². The number of carboxylic acid groups (broad SMARTS) is 1. The van der Waals surface area contributed by atoms with Crippen molar-refractivity contribution >= 4 is 11.9 Å². The van der Waals surface area contributed by atoms with E-state index >= 15 is 0 Å². The molecule has 4 nitrogen and oxygen atoms in total. The molecule has 15 heavy (non-hydrogen) atoms. The Kier molecular flexibility index (Phi) is 3.88. The Morgan fingerprint density at radius 2 is 2.33 bits per heavy atom. The molecule has 1 amide bonds. The van der Waals surface area contributed by atoms with Gasteiger partial charge in [0.1, 0.15) is 0 Å². The largest absolute Gasteiger partial charge is 0.478 e. The average molecular weight is 211 g/mol. The number of nitrogens with zero attached hydrogens (tertiary/aromatic N) is 1. The van der Waals surface area contributed by atoms with Crippen molar-refractivity contribution in [2.75, 3.05) is 13.1 Å². The predicted molar refractivity (Wildman–Crippen MR) is 56.4 cm³/mol. The summed E-state index contributed by atoms with van der Waals surface area (Å²) in [5.74, 6) is -0.377. The molecule has 1 N–H and O–H groups in total. The van der Waals surface area contributed by atoms with Gasteiger partial charge in [-0.05, 0) is 12.3 Å². The first-order valence-electron chi connectivity index (χ1n) is 5.24. The fraction of sp³-hybridized carbons (Fsp3) is 0.636. The van der Waals surface area contributed by atoms with Crippen LogP contribution in [0.3, 0.4) is 0 Å². The second kappa shape index (κ2) is 4.96. The third-order valence-corrected chi connectivity index (χ3v) is 2.62. The van der Waals surface area contributed by atoms with Gasteiger partial charge in [-0.3, -0.25) is 4.79 Å². The first-order chi connectivity index (χ1) is 7.04. The van der Waals surface area contributed by atoms with Crippen LogP contribution >= 0.6 is 0 Å². The monoisotopic (exact) mass is 211 g/mol. The van der Waals surface area contributed by atoms with Crippen molar-refractivity contribution in [2.45, 2.75) is 26.7 Å². The number of aliphatic carboxylic acids is 1. The SMILES string of the molecule is CCC(=CCN1CC(C)CC1=O)C(=O)O. The van der Waals surface area contributed by atoms with E-state index in [4.69, 9.17) is 5.11 Å². The van der Waals surface area contributed by atoms with Crippen LogP contribution in [0, 0.1) is 5.92 Å². The summed E-state index contributed by atoms with van der Waals surface area (Å²) in [7, 11) is 0. The molecule has 0 aromatic heterocycles. The summed E-state index contributed by atoms with van der Waals surface area (Å²) < 4.78 is 0. The molecule has 1 heterocycles. The fourth-order valence-electron chi connectivity index (χ4n) is 1.75. The van der Waals surface area contributed by atoms with Gasteiger partial charge in [0.2, 0.25) is 5.91 Å².